The van der Waals surface area contributed by atoms with Crippen molar-refractivity contribution in [2.24, 2.45) is 0 Å². The summed E-state index contributed by atoms with van der Waals surface area (Å²) in [6.07, 6.45) is 0. The van der Waals surface area contributed by atoms with E-state index in [9.17, 15) is 4.79 Å². The number of nitrogens with one attached hydrogen (secondary N) is 1. The van der Waals surface area contributed by atoms with Gasteiger partial charge in [0.25, 0.3) is 5.91 Å². The summed E-state index contributed by atoms with van der Waals surface area (Å²) in [5.74, 6) is 0.223. The van der Waals surface area contributed by atoms with Crippen LogP contribution in [0.4, 0.5) is 5.13 Å². The topological polar surface area (TPSA) is 85.6 Å². The molecule has 0 atom stereocenters. The molecule has 0 radical (unpaired) electrons. The number of carbonyl (C=O) groups is 1. The molecule has 0 unspecified atom stereocenters. The third kappa shape index (κ3) is 3.41. The minimum Gasteiger partial charge on any atom is -0.297 e. The largest absolute Gasteiger partial charge is 0.297 e. The first-order chi connectivity index (χ1) is 13.5. The fourth-order valence-corrected chi connectivity index (χ4v) is 3.50. The Hall–Kier alpha value is -3.39. The van der Waals surface area contributed by atoms with Gasteiger partial charge in [-0.05, 0) is 44.5 Å². The zero-order valence-electron chi connectivity index (χ0n) is 15.7. The quantitative estimate of drug-likeness (QED) is 0.570. The van der Waals surface area contributed by atoms with E-state index in [0.29, 0.717) is 22.2 Å². The van der Waals surface area contributed by atoms with Gasteiger partial charge < -0.3 is 0 Å². The van der Waals surface area contributed by atoms with Gasteiger partial charge in [-0.2, -0.15) is 9.36 Å². The first kappa shape index (κ1) is 18.0. The van der Waals surface area contributed by atoms with E-state index >= 15 is 0 Å². The van der Waals surface area contributed by atoms with Crippen LogP contribution in [0.5, 0.6) is 0 Å². The summed E-state index contributed by atoms with van der Waals surface area (Å²) in [6.45, 7) is 6.03. The second-order valence-electron chi connectivity index (χ2n) is 6.47. The fraction of sp³-hybridized carbons (Fsp3) is 0.150. The minimum atomic E-state index is -0.223. The van der Waals surface area contributed by atoms with E-state index in [1.54, 1.807) is 16.8 Å². The van der Waals surface area contributed by atoms with Crippen LogP contribution in [0.25, 0.3) is 17.2 Å². The van der Waals surface area contributed by atoms with Gasteiger partial charge in [0.2, 0.25) is 5.13 Å². The molecule has 8 heteroatoms. The highest BCUT2D eigenvalue weighted by atomic mass is 32.1. The SMILES string of the molecule is Cc1ccc(-n2nnc(-c3nsc(NC(=O)c4ccccc4)n3)c2C)c(C)c1. The average Bonchev–Trinajstić information content (AvgIpc) is 3.29. The molecule has 7 nitrogen and oxygen atoms in total. The van der Waals surface area contributed by atoms with Gasteiger partial charge in [0, 0.05) is 17.1 Å². The highest BCUT2D eigenvalue weighted by Crippen LogP contribution is 2.25. The minimum absolute atomic E-state index is 0.223. The molecule has 4 aromatic rings. The Morgan fingerprint density at radius 3 is 2.61 bits per heavy atom. The van der Waals surface area contributed by atoms with Gasteiger partial charge in [0.05, 0.1) is 11.4 Å². The van der Waals surface area contributed by atoms with E-state index in [1.165, 1.54) is 5.56 Å². The lowest BCUT2D eigenvalue weighted by molar-refractivity contribution is 0.102. The molecule has 0 saturated heterocycles. The zero-order chi connectivity index (χ0) is 19.7. The molecule has 1 amide bonds. The van der Waals surface area contributed by atoms with Crippen LogP contribution < -0.4 is 5.32 Å². The third-order valence-electron chi connectivity index (χ3n) is 4.37. The first-order valence-corrected chi connectivity index (χ1v) is 9.50. The number of aromatic nitrogens is 5. The average molecular weight is 390 g/mol. The lowest BCUT2D eigenvalue weighted by atomic mass is 10.1. The standard InChI is InChI=1S/C20H18N6OS/c1-12-9-10-16(13(2)11-12)26-14(3)17(23-25-26)18-21-20(28-24-18)22-19(27)15-7-5-4-6-8-15/h4-11H,1-3H3,(H,21,22,24,27). The Bertz CT molecular complexity index is 1150. The maximum Gasteiger partial charge on any atom is 0.257 e. The van der Waals surface area contributed by atoms with Gasteiger partial charge in [-0.15, -0.1) is 5.10 Å². The van der Waals surface area contributed by atoms with Crippen LogP contribution in [0.2, 0.25) is 0 Å². The van der Waals surface area contributed by atoms with Crippen molar-refractivity contribution in [3.8, 4) is 17.2 Å². The van der Waals surface area contributed by atoms with Crippen molar-refractivity contribution in [2.75, 3.05) is 5.32 Å². The van der Waals surface area contributed by atoms with Gasteiger partial charge in [-0.25, -0.2) is 4.68 Å². The first-order valence-electron chi connectivity index (χ1n) is 8.73. The van der Waals surface area contributed by atoms with Crippen LogP contribution in [-0.2, 0) is 0 Å². The van der Waals surface area contributed by atoms with Crippen LogP contribution in [0.1, 0.15) is 27.2 Å². The maximum absolute atomic E-state index is 12.3. The summed E-state index contributed by atoms with van der Waals surface area (Å²) >= 11 is 1.12. The lowest BCUT2D eigenvalue weighted by Gasteiger charge is -2.07. The molecule has 0 saturated carbocycles. The van der Waals surface area contributed by atoms with Crippen molar-refractivity contribution in [3.63, 3.8) is 0 Å². The van der Waals surface area contributed by atoms with Crippen molar-refractivity contribution in [1.82, 2.24) is 24.4 Å². The Labute approximate surface area is 166 Å². The molecule has 0 fully saturated rings. The normalized spacial score (nSPS) is 10.8. The van der Waals surface area contributed by atoms with Gasteiger partial charge in [-0.3, -0.25) is 10.1 Å². The number of hydrogen-bond donors (Lipinski definition) is 1. The molecule has 4 rings (SSSR count). The predicted molar refractivity (Wildman–Crippen MR) is 109 cm³/mol. The molecule has 2 aromatic heterocycles. The van der Waals surface area contributed by atoms with Crippen molar-refractivity contribution >= 4 is 22.6 Å². The highest BCUT2D eigenvalue weighted by Gasteiger charge is 2.18. The molecule has 28 heavy (non-hydrogen) atoms. The molecule has 1 N–H and O–H groups in total. The number of anilines is 1. The molecule has 2 heterocycles. The fourth-order valence-electron chi connectivity index (χ4n) is 2.94. The third-order valence-corrected chi connectivity index (χ3v) is 5.00. The lowest BCUT2D eigenvalue weighted by Crippen LogP contribution is -2.11. The summed E-state index contributed by atoms with van der Waals surface area (Å²) in [7, 11) is 0. The maximum atomic E-state index is 12.3. The van der Waals surface area contributed by atoms with E-state index in [0.717, 1.165) is 28.5 Å². The zero-order valence-corrected chi connectivity index (χ0v) is 16.5. The number of amides is 1. The molecule has 0 aliphatic carbocycles. The molecule has 0 aliphatic rings. The second kappa shape index (κ2) is 7.32. The van der Waals surface area contributed by atoms with Crippen LogP contribution in [0, 0.1) is 20.8 Å². The molecule has 0 bridgehead atoms. The van der Waals surface area contributed by atoms with Crippen LogP contribution >= 0.6 is 11.5 Å². The predicted octanol–water partition coefficient (Wildman–Crippen LogP) is 3.96. The van der Waals surface area contributed by atoms with Crippen molar-refractivity contribution in [1.29, 1.82) is 0 Å². The Morgan fingerprint density at radius 1 is 1.07 bits per heavy atom. The van der Waals surface area contributed by atoms with E-state index in [1.807, 2.05) is 44.2 Å². The van der Waals surface area contributed by atoms with Crippen LogP contribution in [-0.4, -0.2) is 30.3 Å². The van der Waals surface area contributed by atoms with E-state index in [-0.39, 0.29) is 5.91 Å². The van der Waals surface area contributed by atoms with Gasteiger partial charge >= 0.3 is 0 Å². The number of hydrogen-bond acceptors (Lipinski definition) is 6. The monoisotopic (exact) mass is 390 g/mol. The number of rotatable bonds is 4. The van der Waals surface area contributed by atoms with Gasteiger partial charge in [-0.1, -0.05) is 41.1 Å². The summed E-state index contributed by atoms with van der Waals surface area (Å²) in [5.41, 5.74) is 5.27. The molecule has 2 aromatic carbocycles. The molecular weight excluding hydrogens is 372 g/mol. The Balaban J connectivity index is 1.59. The smallest absolute Gasteiger partial charge is 0.257 e. The van der Waals surface area contributed by atoms with E-state index in [2.05, 4.69) is 38.0 Å². The van der Waals surface area contributed by atoms with Gasteiger partial charge in [0.1, 0.15) is 0 Å². The van der Waals surface area contributed by atoms with Crippen molar-refractivity contribution in [2.45, 2.75) is 20.8 Å². The number of nitrogens with zero attached hydrogens (tertiary/aromatic N) is 5. The second-order valence-corrected chi connectivity index (χ2v) is 7.22. The number of benzene rings is 2. The van der Waals surface area contributed by atoms with E-state index < -0.39 is 0 Å². The summed E-state index contributed by atoms with van der Waals surface area (Å²) in [6, 6.07) is 15.2. The van der Waals surface area contributed by atoms with Crippen molar-refractivity contribution in [3.05, 3.63) is 70.9 Å². The number of aryl methyl sites for hydroxylation is 2. The summed E-state index contributed by atoms with van der Waals surface area (Å²) in [4.78, 5) is 16.7. The van der Waals surface area contributed by atoms with Gasteiger partial charge in [0.15, 0.2) is 11.5 Å². The Morgan fingerprint density at radius 2 is 1.86 bits per heavy atom. The highest BCUT2D eigenvalue weighted by molar-refractivity contribution is 7.10. The molecular formula is C20H18N6OS. The summed E-state index contributed by atoms with van der Waals surface area (Å²) in [5, 5.41) is 11.7. The summed E-state index contributed by atoms with van der Waals surface area (Å²) < 4.78 is 6.12. The van der Waals surface area contributed by atoms with Crippen LogP contribution in [0.3, 0.4) is 0 Å². The van der Waals surface area contributed by atoms with Crippen molar-refractivity contribution < 1.29 is 4.79 Å². The number of carbonyl (C=O) groups excluding carboxylic acids is 1. The van der Waals surface area contributed by atoms with Crippen LogP contribution in [0.15, 0.2) is 48.5 Å². The molecule has 0 aliphatic heterocycles. The molecule has 140 valence electrons. The van der Waals surface area contributed by atoms with E-state index in [4.69, 9.17) is 0 Å². The molecule has 0 spiro atoms. The Kier molecular flexibility index (Phi) is 4.70.